The molecule has 0 N–H and O–H groups in total. The van der Waals surface area contributed by atoms with Crippen molar-refractivity contribution in [2.75, 3.05) is 10.7 Å². The first-order valence-corrected chi connectivity index (χ1v) is 11.9. The van der Waals surface area contributed by atoms with Gasteiger partial charge in [-0.05, 0) is 54.5 Å². The van der Waals surface area contributed by atoms with E-state index in [-0.39, 0.29) is 5.91 Å². The number of hydrogen-bond donors (Lipinski definition) is 0. The van der Waals surface area contributed by atoms with Gasteiger partial charge in [0.1, 0.15) is 0 Å². The van der Waals surface area contributed by atoms with Gasteiger partial charge in [-0.15, -0.1) is 11.8 Å². The third-order valence-corrected chi connectivity index (χ3v) is 6.93. The molecule has 0 fully saturated rings. The van der Waals surface area contributed by atoms with Gasteiger partial charge in [-0.2, -0.15) is 0 Å². The molecule has 1 amide bonds. The molecule has 0 aliphatic rings. The van der Waals surface area contributed by atoms with Gasteiger partial charge in [-0.25, -0.2) is 4.98 Å². The lowest BCUT2D eigenvalue weighted by Crippen LogP contribution is -2.30. The number of nitrogens with zero attached hydrogens (tertiary/aromatic N) is 2. The highest BCUT2D eigenvalue weighted by Gasteiger charge is 2.20. The maximum atomic E-state index is 13.2. The van der Waals surface area contributed by atoms with Crippen LogP contribution in [0, 0.1) is 6.92 Å². The Kier molecular flexibility index (Phi) is 6.82. The number of aryl methyl sites for hydroxylation is 1. The summed E-state index contributed by atoms with van der Waals surface area (Å²) in [6.07, 6.45) is 1.36. The third-order valence-electron chi connectivity index (χ3n) is 4.80. The van der Waals surface area contributed by atoms with Gasteiger partial charge in [-0.3, -0.25) is 9.69 Å². The summed E-state index contributed by atoms with van der Waals surface area (Å²) in [7, 11) is 0. The number of thiazole rings is 1. The van der Waals surface area contributed by atoms with E-state index in [2.05, 4.69) is 43.3 Å². The largest absolute Gasteiger partial charge is 0.284 e. The second kappa shape index (κ2) is 9.92. The van der Waals surface area contributed by atoms with Crippen molar-refractivity contribution >= 4 is 44.4 Å². The van der Waals surface area contributed by atoms with E-state index in [1.807, 2.05) is 47.4 Å². The smallest absolute Gasteiger partial charge is 0.229 e. The first kappa shape index (κ1) is 20.6. The van der Waals surface area contributed by atoms with Crippen LogP contribution in [-0.4, -0.2) is 16.6 Å². The average Bonchev–Trinajstić information content (AvgIpc) is 3.19. The van der Waals surface area contributed by atoms with Crippen molar-refractivity contribution in [2.45, 2.75) is 31.2 Å². The van der Waals surface area contributed by atoms with Crippen molar-refractivity contribution in [1.82, 2.24) is 4.98 Å². The normalized spacial score (nSPS) is 11.0. The van der Waals surface area contributed by atoms with E-state index in [1.165, 1.54) is 10.5 Å². The molecule has 1 heterocycles. The van der Waals surface area contributed by atoms with E-state index in [4.69, 9.17) is 4.98 Å². The lowest BCUT2D eigenvalue weighted by molar-refractivity contribution is -0.118. The van der Waals surface area contributed by atoms with Crippen LogP contribution in [-0.2, 0) is 11.3 Å². The van der Waals surface area contributed by atoms with E-state index >= 15 is 0 Å². The van der Waals surface area contributed by atoms with Crippen molar-refractivity contribution in [3.8, 4) is 0 Å². The summed E-state index contributed by atoms with van der Waals surface area (Å²) in [6, 6.07) is 26.7. The van der Waals surface area contributed by atoms with E-state index in [0.29, 0.717) is 13.0 Å². The fourth-order valence-corrected chi connectivity index (χ4v) is 5.18. The molecule has 3 aromatic carbocycles. The minimum absolute atomic E-state index is 0.128. The molecule has 0 unspecified atom stereocenters. The standard InChI is InChI=1S/C25H24N2OS2/c1-19-14-15-22-23(17-19)30-25(26-22)27(18-20-9-4-2-5-10-20)24(28)13-8-16-29-21-11-6-3-7-12-21/h2-7,9-12,14-15,17H,8,13,16,18H2,1H3. The molecule has 5 heteroatoms. The molecule has 3 nitrogen and oxygen atoms in total. The Morgan fingerprint density at radius 3 is 2.50 bits per heavy atom. The van der Waals surface area contributed by atoms with Crippen molar-refractivity contribution < 1.29 is 4.79 Å². The number of carbonyl (C=O) groups is 1. The number of hydrogen-bond acceptors (Lipinski definition) is 4. The topological polar surface area (TPSA) is 33.2 Å². The SMILES string of the molecule is Cc1ccc2nc(N(Cc3ccccc3)C(=O)CCCSc3ccccc3)sc2c1. The second-order valence-electron chi connectivity index (χ2n) is 7.20. The number of rotatable bonds is 8. The van der Waals surface area contributed by atoms with Crippen LogP contribution in [0.15, 0.2) is 83.8 Å². The number of anilines is 1. The molecular formula is C25H24N2OS2. The Labute approximate surface area is 185 Å². The van der Waals surface area contributed by atoms with Gasteiger partial charge in [0.25, 0.3) is 0 Å². The number of thioether (sulfide) groups is 1. The fraction of sp³-hybridized carbons (Fsp3) is 0.200. The first-order chi connectivity index (χ1) is 14.7. The Bertz CT molecular complexity index is 1110. The van der Waals surface area contributed by atoms with E-state index in [0.717, 1.165) is 33.1 Å². The molecule has 152 valence electrons. The molecule has 0 bridgehead atoms. The Morgan fingerprint density at radius 1 is 1.00 bits per heavy atom. The lowest BCUT2D eigenvalue weighted by atomic mass is 10.2. The number of carbonyl (C=O) groups excluding carboxylic acids is 1. The van der Waals surface area contributed by atoms with Gasteiger partial charge in [-0.1, -0.05) is 65.9 Å². The molecule has 0 radical (unpaired) electrons. The highest BCUT2D eigenvalue weighted by atomic mass is 32.2. The summed E-state index contributed by atoms with van der Waals surface area (Å²) in [5.41, 5.74) is 3.27. The van der Waals surface area contributed by atoms with Gasteiger partial charge in [0, 0.05) is 11.3 Å². The van der Waals surface area contributed by atoms with Crippen LogP contribution < -0.4 is 4.90 Å². The van der Waals surface area contributed by atoms with Gasteiger partial charge in [0.05, 0.1) is 16.8 Å². The number of benzene rings is 3. The zero-order valence-corrected chi connectivity index (χ0v) is 18.6. The minimum Gasteiger partial charge on any atom is -0.284 e. The van der Waals surface area contributed by atoms with Crippen LogP contribution in [0.5, 0.6) is 0 Å². The van der Waals surface area contributed by atoms with Crippen molar-refractivity contribution in [2.24, 2.45) is 0 Å². The number of aromatic nitrogens is 1. The van der Waals surface area contributed by atoms with Gasteiger partial charge >= 0.3 is 0 Å². The fourth-order valence-electron chi connectivity index (χ4n) is 3.23. The van der Waals surface area contributed by atoms with Crippen molar-refractivity contribution in [3.63, 3.8) is 0 Å². The minimum atomic E-state index is 0.128. The summed E-state index contributed by atoms with van der Waals surface area (Å²) in [5.74, 6) is 1.05. The van der Waals surface area contributed by atoms with Crippen LogP contribution >= 0.6 is 23.1 Å². The zero-order chi connectivity index (χ0) is 20.8. The highest BCUT2D eigenvalue weighted by molar-refractivity contribution is 7.99. The maximum Gasteiger partial charge on any atom is 0.229 e. The summed E-state index contributed by atoms with van der Waals surface area (Å²) >= 11 is 3.39. The zero-order valence-electron chi connectivity index (χ0n) is 17.0. The second-order valence-corrected chi connectivity index (χ2v) is 9.38. The number of amides is 1. The average molecular weight is 433 g/mol. The summed E-state index contributed by atoms with van der Waals surface area (Å²) in [6.45, 7) is 2.63. The van der Waals surface area contributed by atoms with Crippen molar-refractivity contribution in [3.05, 3.63) is 90.0 Å². The molecule has 0 saturated heterocycles. The van der Waals surface area contributed by atoms with Gasteiger partial charge in [0.2, 0.25) is 5.91 Å². The maximum absolute atomic E-state index is 13.2. The molecular weight excluding hydrogens is 408 g/mol. The number of fused-ring (bicyclic) bond motifs is 1. The molecule has 0 saturated carbocycles. The van der Waals surface area contributed by atoms with Crippen LogP contribution in [0.4, 0.5) is 5.13 Å². The molecule has 30 heavy (non-hydrogen) atoms. The molecule has 4 aromatic rings. The van der Waals surface area contributed by atoms with Crippen LogP contribution in [0.2, 0.25) is 0 Å². The van der Waals surface area contributed by atoms with Gasteiger partial charge < -0.3 is 0 Å². The van der Waals surface area contributed by atoms with Crippen LogP contribution in [0.25, 0.3) is 10.2 Å². The molecule has 0 spiro atoms. The molecule has 0 atom stereocenters. The predicted molar refractivity (Wildman–Crippen MR) is 128 cm³/mol. The summed E-state index contributed by atoms with van der Waals surface area (Å²) < 4.78 is 1.12. The van der Waals surface area contributed by atoms with E-state index < -0.39 is 0 Å². The third kappa shape index (κ3) is 5.29. The first-order valence-electron chi connectivity index (χ1n) is 10.1. The summed E-state index contributed by atoms with van der Waals surface area (Å²) in [4.78, 5) is 21.0. The highest BCUT2D eigenvalue weighted by Crippen LogP contribution is 2.31. The van der Waals surface area contributed by atoms with E-state index in [9.17, 15) is 4.79 Å². The van der Waals surface area contributed by atoms with Crippen LogP contribution in [0.3, 0.4) is 0 Å². The van der Waals surface area contributed by atoms with Gasteiger partial charge in [0.15, 0.2) is 5.13 Å². The Balaban J connectivity index is 1.48. The van der Waals surface area contributed by atoms with E-state index in [1.54, 1.807) is 23.1 Å². The van der Waals surface area contributed by atoms with Crippen LogP contribution in [0.1, 0.15) is 24.0 Å². The van der Waals surface area contributed by atoms with Crippen molar-refractivity contribution in [1.29, 1.82) is 0 Å². The monoisotopic (exact) mass is 432 g/mol. The lowest BCUT2D eigenvalue weighted by Gasteiger charge is -2.20. The predicted octanol–water partition coefficient (Wildman–Crippen LogP) is 6.71. The summed E-state index contributed by atoms with van der Waals surface area (Å²) in [5, 5.41) is 0.778. The molecule has 0 aliphatic carbocycles. The molecule has 0 aliphatic heterocycles. The Hall–Kier alpha value is -2.63. The molecule has 4 rings (SSSR count). The Morgan fingerprint density at radius 2 is 1.73 bits per heavy atom. The quantitative estimate of drug-likeness (QED) is 0.229. The molecule has 1 aromatic heterocycles.